The Bertz CT molecular complexity index is 1370. The first-order valence-electron chi connectivity index (χ1n) is 12.6. The first-order chi connectivity index (χ1) is 17.5. The molecule has 6 nitrogen and oxygen atoms in total. The topological polar surface area (TPSA) is 75.4 Å². The second-order valence-corrected chi connectivity index (χ2v) is 9.63. The summed E-state index contributed by atoms with van der Waals surface area (Å²) < 4.78 is 5.94. The number of aryl methyl sites for hydroxylation is 1. The number of amides is 2. The van der Waals surface area contributed by atoms with Gasteiger partial charge in [0, 0.05) is 36.7 Å². The van der Waals surface area contributed by atoms with Crippen molar-refractivity contribution < 1.29 is 14.0 Å². The quantitative estimate of drug-likeness (QED) is 0.389. The Morgan fingerprint density at radius 1 is 1.03 bits per heavy atom. The number of benzene rings is 3. The fraction of sp³-hybridized carbons (Fsp3) is 0.300. The molecule has 0 saturated carbocycles. The molecule has 1 atom stereocenters. The van der Waals surface area contributed by atoms with Crippen LogP contribution in [0.15, 0.2) is 77.2 Å². The molecular formula is C30H31N3O3. The summed E-state index contributed by atoms with van der Waals surface area (Å²) in [6.07, 6.45) is 1.63. The summed E-state index contributed by atoms with van der Waals surface area (Å²) in [5, 5.41) is 3.09. The normalized spacial score (nSPS) is 15.1. The molecule has 2 heterocycles. The van der Waals surface area contributed by atoms with Crippen LogP contribution in [-0.4, -0.2) is 34.8 Å². The van der Waals surface area contributed by atoms with Crippen LogP contribution < -0.4 is 5.32 Å². The van der Waals surface area contributed by atoms with Crippen LogP contribution in [0.3, 0.4) is 0 Å². The van der Waals surface area contributed by atoms with Gasteiger partial charge < -0.3 is 14.6 Å². The third-order valence-corrected chi connectivity index (χ3v) is 7.32. The van der Waals surface area contributed by atoms with E-state index in [2.05, 4.69) is 23.3 Å². The van der Waals surface area contributed by atoms with Gasteiger partial charge >= 0.3 is 0 Å². The zero-order chi connectivity index (χ0) is 25.1. The van der Waals surface area contributed by atoms with Crippen molar-refractivity contribution >= 4 is 22.9 Å². The molecule has 1 fully saturated rings. The van der Waals surface area contributed by atoms with Crippen LogP contribution in [0.1, 0.15) is 41.3 Å². The molecule has 0 spiro atoms. The highest BCUT2D eigenvalue weighted by Gasteiger charge is 2.30. The van der Waals surface area contributed by atoms with Gasteiger partial charge in [0.1, 0.15) is 5.52 Å². The summed E-state index contributed by atoms with van der Waals surface area (Å²) in [6.45, 7) is 5.88. The van der Waals surface area contributed by atoms with Crippen molar-refractivity contribution in [2.75, 3.05) is 13.1 Å². The highest BCUT2D eigenvalue weighted by Crippen LogP contribution is 2.28. The first kappa shape index (κ1) is 23.8. The van der Waals surface area contributed by atoms with E-state index in [0.29, 0.717) is 36.7 Å². The smallest absolute Gasteiger partial charge is 0.253 e. The van der Waals surface area contributed by atoms with Gasteiger partial charge in [0.15, 0.2) is 5.58 Å². The number of hydrogen-bond donors (Lipinski definition) is 1. The fourth-order valence-electron chi connectivity index (χ4n) is 4.91. The fourth-order valence-corrected chi connectivity index (χ4v) is 4.91. The van der Waals surface area contributed by atoms with Gasteiger partial charge in [0.05, 0.1) is 0 Å². The van der Waals surface area contributed by atoms with Gasteiger partial charge in [-0.1, -0.05) is 49.4 Å². The molecule has 0 bridgehead atoms. The van der Waals surface area contributed by atoms with E-state index in [9.17, 15) is 9.59 Å². The van der Waals surface area contributed by atoms with E-state index in [4.69, 9.17) is 4.42 Å². The molecule has 3 aromatic carbocycles. The lowest BCUT2D eigenvalue weighted by atomic mass is 9.84. The lowest BCUT2D eigenvalue weighted by molar-refractivity contribution is -0.126. The third-order valence-electron chi connectivity index (χ3n) is 7.32. The van der Waals surface area contributed by atoms with Crippen molar-refractivity contribution in [3.05, 3.63) is 89.5 Å². The van der Waals surface area contributed by atoms with E-state index in [1.54, 1.807) is 6.07 Å². The SMILES string of the molecule is Cc1ccccc1CNC(=O)[C@@H](C)C1CCN(C(=O)c2ccc3nc(-c4ccccc4)oc3c2)CC1. The molecule has 4 aromatic rings. The summed E-state index contributed by atoms with van der Waals surface area (Å²) in [4.78, 5) is 32.4. The Labute approximate surface area is 211 Å². The third kappa shape index (κ3) is 5.03. The Morgan fingerprint density at radius 2 is 1.75 bits per heavy atom. The Hall–Kier alpha value is -3.93. The number of piperidine rings is 1. The second kappa shape index (κ2) is 10.4. The molecule has 1 aliphatic heterocycles. The predicted octanol–water partition coefficient (Wildman–Crippen LogP) is 5.61. The lowest BCUT2D eigenvalue weighted by Gasteiger charge is -2.34. The minimum atomic E-state index is -0.0896. The number of nitrogens with one attached hydrogen (secondary N) is 1. The number of oxazole rings is 1. The maximum absolute atomic E-state index is 13.2. The number of likely N-dealkylation sites (tertiary alicyclic amines) is 1. The molecule has 0 radical (unpaired) electrons. The molecule has 36 heavy (non-hydrogen) atoms. The monoisotopic (exact) mass is 481 g/mol. The molecule has 1 aromatic heterocycles. The van der Waals surface area contributed by atoms with Gasteiger partial charge in [0.2, 0.25) is 11.8 Å². The minimum absolute atomic E-state index is 0.00957. The average molecular weight is 482 g/mol. The molecule has 6 heteroatoms. The van der Waals surface area contributed by atoms with Crippen LogP contribution >= 0.6 is 0 Å². The summed E-state index contributed by atoms with van der Waals surface area (Å²) in [6, 6.07) is 23.3. The molecule has 5 rings (SSSR count). The molecular weight excluding hydrogens is 450 g/mol. The number of rotatable bonds is 6. The van der Waals surface area contributed by atoms with Crippen molar-refractivity contribution in [2.24, 2.45) is 11.8 Å². The Balaban J connectivity index is 1.18. The number of carbonyl (C=O) groups excluding carboxylic acids is 2. The van der Waals surface area contributed by atoms with E-state index < -0.39 is 0 Å². The van der Waals surface area contributed by atoms with Crippen LogP contribution in [0.5, 0.6) is 0 Å². The average Bonchev–Trinajstić information content (AvgIpc) is 3.36. The molecule has 2 amide bonds. The molecule has 0 unspecified atom stereocenters. The van der Waals surface area contributed by atoms with Gasteiger partial charge in [0.25, 0.3) is 5.91 Å². The predicted molar refractivity (Wildman–Crippen MR) is 140 cm³/mol. The highest BCUT2D eigenvalue weighted by molar-refractivity contribution is 5.97. The van der Waals surface area contributed by atoms with Crippen molar-refractivity contribution in [1.82, 2.24) is 15.2 Å². The van der Waals surface area contributed by atoms with Crippen molar-refractivity contribution in [2.45, 2.75) is 33.2 Å². The van der Waals surface area contributed by atoms with E-state index in [-0.39, 0.29) is 23.7 Å². The first-order valence-corrected chi connectivity index (χ1v) is 12.6. The van der Waals surface area contributed by atoms with Crippen LogP contribution in [0, 0.1) is 18.8 Å². The largest absolute Gasteiger partial charge is 0.436 e. The highest BCUT2D eigenvalue weighted by atomic mass is 16.3. The van der Waals surface area contributed by atoms with Gasteiger partial charge in [-0.3, -0.25) is 9.59 Å². The van der Waals surface area contributed by atoms with Crippen molar-refractivity contribution in [1.29, 1.82) is 0 Å². The van der Waals surface area contributed by atoms with E-state index in [1.807, 2.05) is 72.5 Å². The second-order valence-electron chi connectivity index (χ2n) is 9.63. The summed E-state index contributed by atoms with van der Waals surface area (Å²) in [5.41, 5.74) is 5.15. The van der Waals surface area contributed by atoms with Gasteiger partial charge in [-0.15, -0.1) is 0 Å². The summed E-state index contributed by atoms with van der Waals surface area (Å²) in [5.74, 6) is 0.785. The Kier molecular flexibility index (Phi) is 6.85. The molecule has 0 aliphatic carbocycles. The van der Waals surface area contributed by atoms with E-state index >= 15 is 0 Å². The molecule has 184 valence electrons. The molecule has 1 aliphatic rings. The van der Waals surface area contributed by atoms with E-state index in [0.717, 1.165) is 29.5 Å². The number of carbonyl (C=O) groups is 2. The summed E-state index contributed by atoms with van der Waals surface area (Å²) in [7, 11) is 0. The summed E-state index contributed by atoms with van der Waals surface area (Å²) >= 11 is 0. The number of nitrogens with zero attached hydrogens (tertiary/aromatic N) is 2. The molecule has 1 N–H and O–H groups in total. The number of aromatic nitrogens is 1. The van der Waals surface area contributed by atoms with Gasteiger partial charge in [-0.05, 0) is 67.1 Å². The Morgan fingerprint density at radius 3 is 2.50 bits per heavy atom. The van der Waals surface area contributed by atoms with Crippen LogP contribution in [-0.2, 0) is 11.3 Å². The minimum Gasteiger partial charge on any atom is -0.436 e. The van der Waals surface area contributed by atoms with Crippen LogP contribution in [0.2, 0.25) is 0 Å². The van der Waals surface area contributed by atoms with Gasteiger partial charge in [-0.2, -0.15) is 0 Å². The van der Waals surface area contributed by atoms with Crippen molar-refractivity contribution in [3.8, 4) is 11.5 Å². The van der Waals surface area contributed by atoms with Crippen LogP contribution in [0.25, 0.3) is 22.6 Å². The lowest BCUT2D eigenvalue weighted by Crippen LogP contribution is -2.42. The maximum Gasteiger partial charge on any atom is 0.253 e. The standard InChI is InChI=1S/C30H31N3O3/c1-20-8-6-7-11-25(20)19-31-28(34)21(2)22-14-16-33(17-15-22)30(35)24-12-13-26-27(18-24)36-29(32-26)23-9-4-3-5-10-23/h3-13,18,21-22H,14-17,19H2,1-2H3,(H,31,34)/t21-/m0/s1. The van der Waals surface area contributed by atoms with Gasteiger partial charge in [-0.25, -0.2) is 4.98 Å². The van der Waals surface area contributed by atoms with Crippen molar-refractivity contribution in [3.63, 3.8) is 0 Å². The zero-order valence-electron chi connectivity index (χ0n) is 20.7. The molecule has 1 saturated heterocycles. The number of hydrogen-bond acceptors (Lipinski definition) is 4. The zero-order valence-corrected chi connectivity index (χ0v) is 20.7. The maximum atomic E-state index is 13.2. The number of fused-ring (bicyclic) bond motifs is 1. The van der Waals surface area contributed by atoms with E-state index in [1.165, 1.54) is 5.56 Å². The van der Waals surface area contributed by atoms with Crippen LogP contribution in [0.4, 0.5) is 0 Å².